The Kier molecular flexibility index (Phi) is 5.54. The predicted molar refractivity (Wildman–Crippen MR) is 93.2 cm³/mol. The number of amidine groups is 1. The second-order valence-corrected chi connectivity index (χ2v) is 5.92. The minimum atomic E-state index is -0.577. The van der Waals surface area contributed by atoms with E-state index in [0.717, 1.165) is 6.42 Å². The van der Waals surface area contributed by atoms with Gasteiger partial charge in [-0.15, -0.1) is 12.4 Å². The van der Waals surface area contributed by atoms with Gasteiger partial charge in [-0.05, 0) is 18.6 Å². The molecule has 24 heavy (non-hydrogen) atoms. The lowest BCUT2D eigenvalue weighted by Gasteiger charge is -2.42. The molecule has 1 aromatic carbocycles. The maximum Gasteiger partial charge on any atom is 0.409 e. The van der Waals surface area contributed by atoms with E-state index >= 15 is 0 Å². The minimum absolute atomic E-state index is 0. The van der Waals surface area contributed by atoms with Gasteiger partial charge in [0.05, 0.1) is 12.2 Å². The number of nitrogens with one attached hydrogen (secondary N) is 1. The van der Waals surface area contributed by atoms with E-state index in [9.17, 15) is 9.18 Å². The Labute approximate surface area is 146 Å². The topological polar surface area (TPSA) is 80.0 Å². The molecule has 0 bridgehead atoms. The molecular weight excluding hydrogens is 335 g/mol. The van der Waals surface area contributed by atoms with Gasteiger partial charge in [0, 0.05) is 31.6 Å². The largest absolute Gasteiger partial charge is 0.449 e. The number of carbonyl (C=O) groups is 1. The van der Waals surface area contributed by atoms with E-state index in [1.807, 2.05) is 6.92 Å². The first-order chi connectivity index (χ1) is 11.0. The molecular formula is C16H22ClFN4O2. The first-order valence-corrected chi connectivity index (χ1v) is 7.89. The van der Waals surface area contributed by atoms with Gasteiger partial charge in [-0.1, -0.05) is 13.0 Å². The number of hydrogen-bond acceptors (Lipinski definition) is 5. The molecule has 1 spiro atoms. The van der Waals surface area contributed by atoms with Gasteiger partial charge in [0.15, 0.2) is 0 Å². The molecule has 0 radical (unpaired) electrons. The molecule has 1 saturated heterocycles. The summed E-state index contributed by atoms with van der Waals surface area (Å²) in [7, 11) is 0. The summed E-state index contributed by atoms with van der Waals surface area (Å²) in [4.78, 5) is 18.1. The second kappa shape index (κ2) is 7.25. The molecule has 2 heterocycles. The SMILES string of the molecule is CCCOC(=O)N1CCC2(CC1)N=C(N)c1c(F)cccc1N2.Cl. The third kappa shape index (κ3) is 3.40. The summed E-state index contributed by atoms with van der Waals surface area (Å²) >= 11 is 0. The quantitative estimate of drug-likeness (QED) is 0.853. The van der Waals surface area contributed by atoms with E-state index < -0.39 is 5.66 Å². The van der Waals surface area contributed by atoms with Gasteiger partial charge >= 0.3 is 6.09 Å². The molecule has 1 aromatic rings. The van der Waals surface area contributed by atoms with E-state index in [-0.39, 0.29) is 30.2 Å². The van der Waals surface area contributed by atoms with Crippen LogP contribution in [-0.2, 0) is 4.74 Å². The number of amides is 1. The van der Waals surface area contributed by atoms with Gasteiger partial charge in [0.25, 0.3) is 0 Å². The number of carbonyl (C=O) groups excluding carboxylic acids is 1. The molecule has 8 heteroatoms. The Morgan fingerprint density at radius 1 is 1.46 bits per heavy atom. The van der Waals surface area contributed by atoms with Crippen molar-refractivity contribution >= 4 is 30.0 Å². The molecule has 6 nitrogen and oxygen atoms in total. The lowest BCUT2D eigenvalue weighted by molar-refractivity contribution is 0.0866. The summed E-state index contributed by atoms with van der Waals surface area (Å²) in [6, 6.07) is 4.81. The zero-order valence-electron chi connectivity index (χ0n) is 13.5. The molecule has 0 aromatic heterocycles. The van der Waals surface area contributed by atoms with Gasteiger partial charge in [-0.2, -0.15) is 0 Å². The minimum Gasteiger partial charge on any atom is -0.449 e. The maximum atomic E-state index is 13.9. The first-order valence-electron chi connectivity index (χ1n) is 7.89. The summed E-state index contributed by atoms with van der Waals surface area (Å²) in [5, 5.41) is 3.30. The normalized spacial score (nSPS) is 18.1. The van der Waals surface area contributed by atoms with E-state index in [4.69, 9.17) is 10.5 Å². The molecule has 0 saturated carbocycles. The molecule has 3 rings (SSSR count). The van der Waals surface area contributed by atoms with Gasteiger partial charge in [0.2, 0.25) is 0 Å². The van der Waals surface area contributed by atoms with E-state index in [2.05, 4.69) is 10.3 Å². The number of nitrogens with two attached hydrogens (primary N) is 1. The van der Waals surface area contributed by atoms with Crippen LogP contribution in [0.25, 0.3) is 0 Å². The van der Waals surface area contributed by atoms with Crippen LogP contribution in [0.4, 0.5) is 14.9 Å². The van der Waals surface area contributed by atoms with E-state index in [1.54, 1.807) is 17.0 Å². The summed E-state index contributed by atoms with van der Waals surface area (Å²) in [6.07, 6.45) is 1.71. The van der Waals surface area contributed by atoms with Crippen LogP contribution < -0.4 is 11.1 Å². The van der Waals surface area contributed by atoms with Crippen molar-refractivity contribution in [3.05, 3.63) is 29.6 Å². The Hall–Kier alpha value is -2.02. The Bertz CT molecular complexity index is 645. The Morgan fingerprint density at radius 3 is 2.83 bits per heavy atom. The molecule has 1 fully saturated rings. The van der Waals surface area contributed by atoms with Crippen molar-refractivity contribution in [3.8, 4) is 0 Å². The van der Waals surface area contributed by atoms with Gasteiger partial charge in [-0.25, -0.2) is 14.2 Å². The molecule has 3 N–H and O–H groups in total. The number of rotatable bonds is 2. The third-order valence-electron chi connectivity index (χ3n) is 4.25. The lowest BCUT2D eigenvalue weighted by Crippen LogP contribution is -2.52. The summed E-state index contributed by atoms with van der Waals surface area (Å²) in [6.45, 7) is 3.43. The molecule has 0 aliphatic carbocycles. The van der Waals surface area contributed by atoms with Crippen LogP contribution in [0.15, 0.2) is 23.2 Å². The number of aliphatic imine (C=N–C) groups is 1. The molecule has 2 aliphatic heterocycles. The fourth-order valence-corrected chi connectivity index (χ4v) is 3.03. The fraction of sp³-hybridized carbons (Fsp3) is 0.500. The van der Waals surface area contributed by atoms with Crippen LogP contribution in [0.3, 0.4) is 0 Å². The lowest BCUT2D eigenvalue weighted by atomic mass is 9.94. The van der Waals surface area contributed by atoms with Crippen molar-refractivity contribution in [3.63, 3.8) is 0 Å². The van der Waals surface area contributed by atoms with Crippen molar-refractivity contribution in [1.29, 1.82) is 0 Å². The van der Waals surface area contributed by atoms with Crippen LogP contribution in [0.1, 0.15) is 31.7 Å². The number of piperidine rings is 1. The van der Waals surface area contributed by atoms with Gasteiger partial charge in [0.1, 0.15) is 17.3 Å². The Balaban J connectivity index is 0.00000208. The highest BCUT2D eigenvalue weighted by atomic mass is 35.5. The predicted octanol–water partition coefficient (Wildman–Crippen LogP) is 2.72. The number of anilines is 1. The van der Waals surface area contributed by atoms with Crippen molar-refractivity contribution in [2.24, 2.45) is 10.7 Å². The standard InChI is InChI=1S/C16H21FN4O2.ClH/c1-2-10-23-15(22)21-8-6-16(7-9-21)19-12-5-3-4-11(17)13(12)14(18)20-16;/h3-5,19H,2,6-10H2,1H3,(H2,18,20);1H. The van der Waals surface area contributed by atoms with Crippen molar-refractivity contribution in [2.45, 2.75) is 31.8 Å². The van der Waals surface area contributed by atoms with Gasteiger partial charge in [-0.3, -0.25) is 0 Å². The second-order valence-electron chi connectivity index (χ2n) is 5.92. The number of fused-ring (bicyclic) bond motifs is 1. The number of halogens is 2. The molecule has 0 unspecified atom stereocenters. The first kappa shape index (κ1) is 18.3. The number of likely N-dealkylation sites (tertiary alicyclic amines) is 1. The molecule has 132 valence electrons. The van der Waals surface area contributed by atoms with Crippen molar-refractivity contribution in [2.75, 3.05) is 25.0 Å². The summed E-state index contributed by atoms with van der Waals surface area (Å²) < 4.78 is 19.0. The highest BCUT2D eigenvalue weighted by Crippen LogP contribution is 2.35. The number of benzene rings is 1. The zero-order valence-corrected chi connectivity index (χ0v) is 14.4. The summed E-state index contributed by atoms with van der Waals surface area (Å²) in [5.41, 5.74) is 6.38. The van der Waals surface area contributed by atoms with Crippen LogP contribution in [-0.4, -0.2) is 42.2 Å². The highest BCUT2D eigenvalue weighted by Gasteiger charge is 2.39. The van der Waals surface area contributed by atoms with Crippen molar-refractivity contribution < 1.29 is 13.9 Å². The average Bonchev–Trinajstić information content (AvgIpc) is 2.53. The monoisotopic (exact) mass is 356 g/mol. The zero-order chi connectivity index (χ0) is 16.4. The van der Waals surface area contributed by atoms with Crippen LogP contribution in [0.2, 0.25) is 0 Å². The average molecular weight is 357 g/mol. The molecule has 0 atom stereocenters. The highest BCUT2D eigenvalue weighted by molar-refractivity contribution is 6.04. The van der Waals surface area contributed by atoms with Gasteiger partial charge < -0.3 is 20.7 Å². The van der Waals surface area contributed by atoms with Crippen LogP contribution >= 0.6 is 12.4 Å². The van der Waals surface area contributed by atoms with Crippen LogP contribution in [0.5, 0.6) is 0 Å². The smallest absolute Gasteiger partial charge is 0.409 e. The Morgan fingerprint density at radius 2 is 2.17 bits per heavy atom. The number of nitrogens with zero attached hydrogens (tertiary/aromatic N) is 2. The number of ether oxygens (including phenoxy) is 1. The van der Waals surface area contributed by atoms with E-state index in [1.165, 1.54) is 6.07 Å². The number of hydrogen-bond donors (Lipinski definition) is 2. The fourth-order valence-electron chi connectivity index (χ4n) is 3.03. The molecule has 2 aliphatic rings. The van der Waals surface area contributed by atoms with Crippen LogP contribution in [0, 0.1) is 5.82 Å². The third-order valence-corrected chi connectivity index (χ3v) is 4.25. The van der Waals surface area contributed by atoms with Crippen molar-refractivity contribution in [1.82, 2.24) is 4.90 Å². The van der Waals surface area contributed by atoms with E-state index in [0.29, 0.717) is 43.8 Å². The molecule has 1 amide bonds. The summed E-state index contributed by atoms with van der Waals surface area (Å²) in [5.74, 6) is -0.175. The maximum absolute atomic E-state index is 13.9.